The Kier molecular flexibility index (Phi) is 3.52. The van der Waals surface area contributed by atoms with E-state index in [1.165, 1.54) is 0 Å². The molecule has 0 amide bonds. The summed E-state index contributed by atoms with van der Waals surface area (Å²) < 4.78 is 51.1. The summed E-state index contributed by atoms with van der Waals surface area (Å²) in [4.78, 5) is 1.76. The molecule has 0 aromatic heterocycles. The summed E-state index contributed by atoms with van der Waals surface area (Å²) in [5.41, 5.74) is -0.883. The lowest BCUT2D eigenvalue weighted by atomic mass is 10.1. The van der Waals surface area contributed by atoms with Crippen molar-refractivity contribution in [1.29, 1.82) is 0 Å². The molecule has 7 heteroatoms. The highest BCUT2D eigenvalue weighted by atomic mass is 19.4. The van der Waals surface area contributed by atoms with Crippen LogP contribution in [0.1, 0.15) is 6.92 Å². The summed E-state index contributed by atoms with van der Waals surface area (Å²) in [7, 11) is 0. The molecule has 2 heterocycles. The van der Waals surface area contributed by atoms with Crippen molar-refractivity contribution < 1.29 is 17.6 Å². The lowest BCUT2D eigenvalue weighted by Crippen LogP contribution is -2.52. The molecule has 0 aliphatic carbocycles. The zero-order chi connectivity index (χ0) is 13.3. The Bertz CT molecular complexity index is 386. The Hall–Kier alpha value is -1.24. The van der Waals surface area contributed by atoms with Crippen molar-refractivity contribution in [3.05, 3.63) is 23.3 Å². The maximum Gasteiger partial charge on any atom is 0.414 e. The minimum atomic E-state index is -4.48. The number of halogens is 4. The average Bonchev–Trinajstić information content (AvgIpc) is 2.29. The van der Waals surface area contributed by atoms with Gasteiger partial charge in [-0.15, -0.1) is 0 Å². The third kappa shape index (κ3) is 2.60. The molecular formula is C11H15F4N3. The van der Waals surface area contributed by atoms with Crippen LogP contribution in [0, 0.1) is 0 Å². The highest BCUT2D eigenvalue weighted by Crippen LogP contribution is 2.30. The van der Waals surface area contributed by atoms with E-state index in [2.05, 4.69) is 10.6 Å². The number of alkyl halides is 3. The molecule has 1 saturated heterocycles. The topological polar surface area (TPSA) is 27.3 Å². The van der Waals surface area contributed by atoms with Gasteiger partial charge in [-0.25, -0.2) is 4.39 Å². The van der Waals surface area contributed by atoms with Crippen molar-refractivity contribution in [2.24, 2.45) is 0 Å². The summed E-state index contributed by atoms with van der Waals surface area (Å²) in [5.74, 6) is -0.681. The summed E-state index contributed by atoms with van der Waals surface area (Å²) >= 11 is 0. The molecule has 0 radical (unpaired) electrons. The Morgan fingerprint density at radius 2 is 2.11 bits per heavy atom. The van der Waals surface area contributed by atoms with E-state index in [-0.39, 0.29) is 18.4 Å². The van der Waals surface area contributed by atoms with Gasteiger partial charge >= 0.3 is 6.18 Å². The third-order valence-corrected chi connectivity index (χ3v) is 3.13. The lowest BCUT2D eigenvalue weighted by molar-refractivity contribution is -0.0934. The van der Waals surface area contributed by atoms with Gasteiger partial charge in [0.15, 0.2) is 5.83 Å². The Morgan fingerprint density at radius 3 is 2.67 bits per heavy atom. The minimum Gasteiger partial charge on any atom is -0.365 e. The quantitative estimate of drug-likeness (QED) is 0.704. The van der Waals surface area contributed by atoms with Crippen molar-refractivity contribution in [2.75, 3.05) is 26.2 Å². The fourth-order valence-corrected chi connectivity index (χ4v) is 2.13. The van der Waals surface area contributed by atoms with E-state index in [1.807, 2.05) is 6.92 Å². The van der Waals surface area contributed by atoms with Crippen LogP contribution in [0.2, 0.25) is 0 Å². The van der Waals surface area contributed by atoms with Crippen LogP contribution in [-0.4, -0.2) is 43.3 Å². The van der Waals surface area contributed by atoms with Crippen LogP contribution in [0.15, 0.2) is 23.3 Å². The smallest absolute Gasteiger partial charge is 0.365 e. The van der Waals surface area contributed by atoms with Gasteiger partial charge in [-0.05, 0) is 13.0 Å². The summed E-state index contributed by atoms with van der Waals surface area (Å²) in [6.45, 7) is 3.47. The molecule has 0 aromatic carbocycles. The van der Waals surface area contributed by atoms with Gasteiger partial charge in [-0.1, -0.05) is 0 Å². The number of allylic oxidation sites excluding steroid dienone is 2. The largest absolute Gasteiger partial charge is 0.414 e. The number of hydrogen-bond donors (Lipinski definition) is 2. The van der Waals surface area contributed by atoms with Gasteiger partial charge < -0.3 is 15.5 Å². The first-order chi connectivity index (χ1) is 8.39. The number of dihydropyridines is 1. The zero-order valence-corrected chi connectivity index (χ0v) is 9.94. The number of nitrogens with zero attached hydrogens (tertiary/aromatic N) is 1. The molecule has 1 fully saturated rings. The summed E-state index contributed by atoms with van der Waals surface area (Å²) in [5, 5.41) is 5.68. The number of rotatable bonds is 1. The molecule has 0 unspecified atom stereocenters. The van der Waals surface area contributed by atoms with Crippen LogP contribution in [0.4, 0.5) is 17.6 Å². The fraction of sp³-hybridized carbons (Fsp3) is 0.636. The summed E-state index contributed by atoms with van der Waals surface area (Å²) in [6, 6.07) is 0.0489. The second-order valence-corrected chi connectivity index (χ2v) is 4.46. The number of piperazine rings is 1. The van der Waals surface area contributed by atoms with Crippen LogP contribution in [0.3, 0.4) is 0 Å². The predicted octanol–water partition coefficient (Wildman–Crippen LogP) is 1.51. The monoisotopic (exact) mass is 265 g/mol. The maximum absolute atomic E-state index is 13.8. The van der Waals surface area contributed by atoms with E-state index >= 15 is 0 Å². The van der Waals surface area contributed by atoms with Gasteiger partial charge in [-0.3, -0.25) is 0 Å². The van der Waals surface area contributed by atoms with Gasteiger partial charge in [0.2, 0.25) is 0 Å². The molecule has 0 bridgehead atoms. The SMILES string of the molecule is C[C@H]1CNCCN1C1=C(F)C=C(C(F)(F)F)CN1. The second kappa shape index (κ2) is 4.79. The molecule has 18 heavy (non-hydrogen) atoms. The van der Waals surface area contributed by atoms with E-state index < -0.39 is 17.6 Å². The molecule has 0 spiro atoms. The van der Waals surface area contributed by atoms with Crippen LogP contribution >= 0.6 is 0 Å². The second-order valence-electron chi connectivity index (χ2n) is 4.46. The maximum atomic E-state index is 13.8. The first kappa shape index (κ1) is 13.2. The molecule has 2 rings (SSSR count). The molecule has 2 N–H and O–H groups in total. The molecule has 0 saturated carbocycles. The third-order valence-electron chi connectivity index (χ3n) is 3.13. The Balaban J connectivity index is 2.21. The molecular weight excluding hydrogens is 250 g/mol. The number of nitrogens with one attached hydrogen (secondary N) is 2. The van der Waals surface area contributed by atoms with Crippen molar-refractivity contribution in [1.82, 2.24) is 15.5 Å². The van der Waals surface area contributed by atoms with E-state index in [0.717, 1.165) is 0 Å². The predicted molar refractivity (Wildman–Crippen MR) is 59.3 cm³/mol. The highest BCUT2D eigenvalue weighted by molar-refractivity contribution is 5.31. The summed E-state index contributed by atoms with van der Waals surface area (Å²) in [6.07, 6.45) is -3.90. The van der Waals surface area contributed by atoms with Crippen LogP contribution in [-0.2, 0) is 0 Å². The van der Waals surface area contributed by atoms with E-state index in [9.17, 15) is 17.6 Å². The van der Waals surface area contributed by atoms with Gasteiger partial charge in [0.05, 0.1) is 5.57 Å². The first-order valence-electron chi connectivity index (χ1n) is 5.78. The standard InChI is InChI=1S/C11H15F4N3/c1-7-5-16-2-3-18(7)10-9(12)4-8(6-17-10)11(13,14)15/h4,7,16-17H,2-3,5-6H2,1H3/t7-/m0/s1. The zero-order valence-electron chi connectivity index (χ0n) is 9.94. The van der Waals surface area contributed by atoms with Gasteiger partial charge in [0.25, 0.3) is 0 Å². The molecule has 2 aliphatic rings. The molecule has 3 nitrogen and oxygen atoms in total. The Labute approximate surface area is 103 Å². The van der Waals surface area contributed by atoms with E-state index in [1.54, 1.807) is 4.90 Å². The van der Waals surface area contributed by atoms with Gasteiger partial charge in [0.1, 0.15) is 5.82 Å². The van der Waals surface area contributed by atoms with Crippen LogP contribution < -0.4 is 10.6 Å². The van der Waals surface area contributed by atoms with Crippen molar-refractivity contribution >= 4 is 0 Å². The van der Waals surface area contributed by atoms with Crippen molar-refractivity contribution in [3.8, 4) is 0 Å². The van der Waals surface area contributed by atoms with Gasteiger partial charge in [0, 0.05) is 32.2 Å². The minimum absolute atomic E-state index is 0.0489. The van der Waals surface area contributed by atoms with Gasteiger partial charge in [-0.2, -0.15) is 13.2 Å². The number of hydrogen-bond acceptors (Lipinski definition) is 3. The lowest BCUT2D eigenvalue weighted by Gasteiger charge is -2.38. The highest BCUT2D eigenvalue weighted by Gasteiger charge is 2.36. The average molecular weight is 265 g/mol. The van der Waals surface area contributed by atoms with Crippen LogP contribution in [0.25, 0.3) is 0 Å². The normalized spacial score (nSPS) is 25.9. The molecule has 2 aliphatic heterocycles. The molecule has 1 atom stereocenters. The van der Waals surface area contributed by atoms with Crippen molar-refractivity contribution in [2.45, 2.75) is 19.1 Å². The molecule has 102 valence electrons. The van der Waals surface area contributed by atoms with Crippen molar-refractivity contribution in [3.63, 3.8) is 0 Å². The fourth-order valence-electron chi connectivity index (χ4n) is 2.13. The van der Waals surface area contributed by atoms with E-state index in [0.29, 0.717) is 25.7 Å². The van der Waals surface area contributed by atoms with Crippen LogP contribution in [0.5, 0.6) is 0 Å². The molecule has 0 aromatic rings. The first-order valence-corrected chi connectivity index (χ1v) is 5.78. The Morgan fingerprint density at radius 1 is 1.39 bits per heavy atom. The van der Waals surface area contributed by atoms with E-state index in [4.69, 9.17) is 0 Å².